The van der Waals surface area contributed by atoms with E-state index < -0.39 is 13.0 Å². The van der Waals surface area contributed by atoms with Crippen molar-refractivity contribution in [3.63, 3.8) is 0 Å². The predicted molar refractivity (Wildman–Crippen MR) is 60.9 cm³/mol. The molecule has 0 aromatic heterocycles. The van der Waals surface area contributed by atoms with E-state index in [0.29, 0.717) is 11.4 Å². The second-order valence-corrected chi connectivity index (χ2v) is 3.39. The number of nitrogens with one attached hydrogen (secondary N) is 1. The summed E-state index contributed by atoms with van der Waals surface area (Å²) in [7, 11) is 0. The highest BCUT2D eigenvalue weighted by molar-refractivity contribution is 5.90. The molecule has 94 valence electrons. The van der Waals surface area contributed by atoms with Crippen molar-refractivity contribution in [3.05, 3.63) is 24.3 Å². The number of anilines is 2. The standard InChI is InChI=1S/C11H14F2N2O2/c12-10(13)7-17-6-5-11(16)15-9-3-1-8(14)2-4-9/h1-4,10H,5-7,14H2,(H,15,16). The lowest BCUT2D eigenvalue weighted by molar-refractivity contribution is -0.117. The number of nitrogen functional groups attached to an aromatic ring is 1. The Morgan fingerprint density at radius 1 is 1.35 bits per heavy atom. The third-order valence-electron chi connectivity index (χ3n) is 1.91. The van der Waals surface area contributed by atoms with E-state index in [1.165, 1.54) is 0 Å². The summed E-state index contributed by atoms with van der Waals surface area (Å²) in [5.41, 5.74) is 6.69. The van der Waals surface area contributed by atoms with Crippen LogP contribution in [-0.2, 0) is 9.53 Å². The molecule has 0 fully saturated rings. The lowest BCUT2D eigenvalue weighted by Gasteiger charge is -2.06. The van der Waals surface area contributed by atoms with E-state index in [-0.39, 0.29) is 18.9 Å². The second kappa shape index (κ2) is 6.80. The van der Waals surface area contributed by atoms with Crippen LogP contribution in [0.25, 0.3) is 0 Å². The quantitative estimate of drug-likeness (QED) is 0.593. The molecule has 1 aromatic carbocycles. The smallest absolute Gasteiger partial charge is 0.261 e. The molecule has 17 heavy (non-hydrogen) atoms. The van der Waals surface area contributed by atoms with E-state index in [4.69, 9.17) is 5.73 Å². The van der Waals surface area contributed by atoms with E-state index in [1.807, 2.05) is 0 Å². The molecular weight excluding hydrogens is 230 g/mol. The maximum Gasteiger partial charge on any atom is 0.261 e. The van der Waals surface area contributed by atoms with Crippen molar-refractivity contribution < 1.29 is 18.3 Å². The largest absolute Gasteiger partial charge is 0.399 e. The zero-order chi connectivity index (χ0) is 12.7. The van der Waals surface area contributed by atoms with Gasteiger partial charge in [0.25, 0.3) is 6.43 Å². The molecule has 0 saturated heterocycles. The van der Waals surface area contributed by atoms with Crippen molar-refractivity contribution in [1.29, 1.82) is 0 Å². The van der Waals surface area contributed by atoms with Gasteiger partial charge in [-0.3, -0.25) is 4.79 Å². The van der Waals surface area contributed by atoms with Gasteiger partial charge < -0.3 is 15.8 Å². The van der Waals surface area contributed by atoms with E-state index >= 15 is 0 Å². The van der Waals surface area contributed by atoms with Crippen LogP contribution in [0.1, 0.15) is 6.42 Å². The fourth-order valence-electron chi connectivity index (χ4n) is 1.13. The van der Waals surface area contributed by atoms with Crippen LogP contribution in [0.2, 0.25) is 0 Å². The zero-order valence-electron chi connectivity index (χ0n) is 9.16. The van der Waals surface area contributed by atoms with Crippen molar-refractivity contribution in [3.8, 4) is 0 Å². The Morgan fingerprint density at radius 3 is 2.59 bits per heavy atom. The van der Waals surface area contributed by atoms with Gasteiger partial charge in [0.05, 0.1) is 13.0 Å². The van der Waals surface area contributed by atoms with E-state index in [1.54, 1.807) is 24.3 Å². The minimum Gasteiger partial charge on any atom is -0.399 e. The predicted octanol–water partition coefficient (Wildman–Crippen LogP) is 1.88. The fourth-order valence-corrected chi connectivity index (χ4v) is 1.13. The number of ether oxygens (including phenoxy) is 1. The number of alkyl halides is 2. The highest BCUT2D eigenvalue weighted by Gasteiger charge is 2.05. The summed E-state index contributed by atoms with van der Waals surface area (Å²) in [5, 5.41) is 2.60. The number of hydrogen-bond donors (Lipinski definition) is 2. The number of nitrogens with two attached hydrogens (primary N) is 1. The molecule has 0 unspecified atom stereocenters. The molecule has 3 N–H and O–H groups in total. The molecule has 0 saturated carbocycles. The van der Waals surface area contributed by atoms with Crippen LogP contribution < -0.4 is 11.1 Å². The van der Waals surface area contributed by atoms with Crippen molar-refractivity contribution >= 4 is 17.3 Å². The normalized spacial score (nSPS) is 10.5. The molecule has 6 heteroatoms. The van der Waals surface area contributed by atoms with E-state index in [9.17, 15) is 13.6 Å². The molecule has 1 aromatic rings. The second-order valence-electron chi connectivity index (χ2n) is 3.39. The minimum absolute atomic E-state index is 0.0227. The summed E-state index contributed by atoms with van der Waals surface area (Å²) in [6.45, 7) is -0.666. The first kappa shape index (κ1) is 13.4. The van der Waals surface area contributed by atoms with Gasteiger partial charge in [0, 0.05) is 11.4 Å². The third kappa shape index (κ3) is 5.82. The molecule has 0 radical (unpaired) electrons. The van der Waals surface area contributed by atoms with Gasteiger partial charge in [-0.05, 0) is 24.3 Å². The van der Waals surface area contributed by atoms with Gasteiger partial charge >= 0.3 is 0 Å². The van der Waals surface area contributed by atoms with E-state index in [2.05, 4.69) is 10.1 Å². The number of halogens is 2. The van der Waals surface area contributed by atoms with Crippen LogP contribution in [-0.4, -0.2) is 25.5 Å². The number of carbonyl (C=O) groups excluding carboxylic acids is 1. The van der Waals surface area contributed by atoms with Crippen LogP contribution in [0.4, 0.5) is 20.2 Å². The Hall–Kier alpha value is -1.69. The van der Waals surface area contributed by atoms with Gasteiger partial charge in [0.2, 0.25) is 5.91 Å². The molecule has 0 spiro atoms. The van der Waals surface area contributed by atoms with Gasteiger partial charge in [0.1, 0.15) is 6.61 Å². The molecule has 0 aliphatic rings. The fraction of sp³-hybridized carbons (Fsp3) is 0.364. The number of rotatable bonds is 6. The first-order chi connectivity index (χ1) is 8.08. The summed E-state index contributed by atoms with van der Waals surface area (Å²) in [4.78, 5) is 11.3. The Balaban J connectivity index is 2.23. The van der Waals surface area contributed by atoms with Crippen molar-refractivity contribution in [2.75, 3.05) is 24.3 Å². The lowest BCUT2D eigenvalue weighted by Crippen LogP contribution is -2.15. The zero-order valence-corrected chi connectivity index (χ0v) is 9.16. The average molecular weight is 244 g/mol. The number of hydrogen-bond acceptors (Lipinski definition) is 3. The SMILES string of the molecule is Nc1ccc(NC(=O)CCOCC(F)F)cc1. The topological polar surface area (TPSA) is 64.3 Å². The molecule has 0 bridgehead atoms. The molecule has 0 heterocycles. The molecule has 0 aliphatic carbocycles. The van der Waals surface area contributed by atoms with Crippen LogP contribution >= 0.6 is 0 Å². The molecule has 0 aliphatic heterocycles. The molecule has 1 amide bonds. The van der Waals surface area contributed by atoms with Crippen molar-refractivity contribution in [2.45, 2.75) is 12.8 Å². The summed E-state index contributed by atoms with van der Waals surface area (Å²) in [6, 6.07) is 6.63. The average Bonchev–Trinajstić information content (AvgIpc) is 2.27. The Bertz CT molecular complexity index is 355. The molecule has 0 atom stereocenters. The van der Waals surface area contributed by atoms with Gasteiger partial charge in [-0.1, -0.05) is 0 Å². The number of carbonyl (C=O) groups is 1. The van der Waals surface area contributed by atoms with Gasteiger partial charge in [-0.15, -0.1) is 0 Å². The highest BCUT2D eigenvalue weighted by atomic mass is 19.3. The van der Waals surface area contributed by atoms with Crippen LogP contribution in [0.3, 0.4) is 0 Å². The summed E-state index contributed by atoms with van der Waals surface area (Å²) in [5.74, 6) is -0.288. The first-order valence-corrected chi connectivity index (χ1v) is 5.09. The first-order valence-electron chi connectivity index (χ1n) is 5.09. The molecule has 1 rings (SSSR count). The summed E-state index contributed by atoms with van der Waals surface area (Å²) in [6.07, 6.45) is -2.47. The summed E-state index contributed by atoms with van der Waals surface area (Å²) < 4.78 is 28.0. The maximum absolute atomic E-state index is 11.7. The maximum atomic E-state index is 11.7. The Kier molecular flexibility index (Phi) is 5.35. The van der Waals surface area contributed by atoms with Crippen LogP contribution in [0.15, 0.2) is 24.3 Å². The van der Waals surface area contributed by atoms with Crippen molar-refractivity contribution in [1.82, 2.24) is 0 Å². The van der Waals surface area contributed by atoms with E-state index in [0.717, 1.165) is 0 Å². The van der Waals surface area contributed by atoms with Gasteiger partial charge in [-0.25, -0.2) is 8.78 Å². The molecule has 4 nitrogen and oxygen atoms in total. The highest BCUT2D eigenvalue weighted by Crippen LogP contribution is 2.10. The van der Waals surface area contributed by atoms with Gasteiger partial charge in [-0.2, -0.15) is 0 Å². The number of amides is 1. The van der Waals surface area contributed by atoms with Crippen molar-refractivity contribution in [2.24, 2.45) is 0 Å². The lowest BCUT2D eigenvalue weighted by atomic mass is 10.3. The Morgan fingerprint density at radius 2 is 2.00 bits per heavy atom. The van der Waals surface area contributed by atoms with Crippen LogP contribution in [0.5, 0.6) is 0 Å². The van der Waals surface area contributed by atoms with Crippen LogP contribution in [0, 0.1) is 0 Å². The minimum atomic E-state index is -2.50. The monoisotopic (exact) mass is 244 g/mol. The summed E-state index contributed by atoms with van der Waals surface area (Å²) >= 11 is 0. The molecular formula is C11H14F2N2O2. The Labute approximate surface area is 97.8 Å². The van der Waals surface area contributed by atoms with Gasteiger partial charge in [0.15, 0.2) is 0 Å². The third-order valence-corrected chi connectivity index (χ3v) is 1.91. The number of benzene rings is 1.